The minimum absolute atomic E-state index is 0. The fourth-order valence-corrected chi connectivity index (χ4v) is 2.68. The van der Waals surface area contributed by atoms with Gasteiger partial charge in [-0.1, -0.05) is 29.8 Å². The molecular weight excluding hydrogens is 563 g/mol. The molecule has 0 saturated carbocycles. The van der Waals surface area contributed by atoms with E-state index in [0.717, 1.165) is 16.6 Å². The van der Waals surface area contributed by atoms with Gasteiger partial charge in [0.05, 0.1) is 5.52 Å². The summed E-state index contributed by atoms with van der Waals surface area (Å²) in [5, 5.41) is 11.8. The van der Waals surface area contributed by atoms with Crippen LogP contribution in [0.15, 0.2) is 48.5 Å². The quantitative estimate of drug-likeness (QED) is 0.341. The van der Waals surface area contributed by atoms with Crippen molar-refractivity contribution in [2.75, 3.05) is 5.32 Å². The molecular formula is C18H14AcClN6-. The number of aromatic amines is 1. The van der Waals surface area contributed by atoms with Crippen LogP contribution < -0.4 is 5.32 Å². The number of nitrogens with zero attached hydrogens (tertiary/aromatic N) is 3. The first-order chi connectivity index (χ1) is 12.1. The first-order valence-corrected chi connectivity index (χ1v) is 8.05. The van der Waals surface area contributed by atoms with Gasteiger partial charge >= 0.3 is 0 Å². The summed E-state index contributed by atoms with van der Waals surface area (Å²) >= 11 is 5.97. The Hall–Kier alpha value is -1.68. The number of hydrogen-bond acceptors (Lipinski definition) is 4. The maximum Gasteiger partial charge on any atom is 0.162 e. The van der Waals surface area contributed by atoms with Gasteiger partial charge in [0.1, 0.15) is 5.82 Å². The van der Waals surface area contributed by atoms with Crippen molar-refractivity contribution in [2.24, 2.45) is 0 Å². The number of anilines is 2. The molecule has 1 radical (unpaired) electrons. The summed E-state index contributed by atoms with van der Waals surface area (Å²) in [6, 6.07) is 14.5. The van der Waals surface area contributed by atoms with E-state index >= 15 is 0 Å². The predicted octanol–water partition coefficient (Wildman–Crippen LogP) is 5.41. The van der Waals surface area contributed by atoms with Crippen molar-refractivity contribution in [2.45, 2.75) is 6.92 Å². The van der Waals surface area contributed by atoms with Gasteiger partial charge in [0, 0.05) is 71.8 Å². The number of hydrogen-bond donors (Lipinski definition) is 2. The van der Waals surface area contributed by atoms with Crippen molar-refractivity contribution in [1.82, 2.24) is 20.2 Å². The van der Waals surface area contributed by atoms with E-state index in [9.17, 15) is 0 Å². The van der Waals surface area contributed by atoms with E-state index in [-0.39, 0.29) is 44.1 Å². The molecule has 8 heteroatoms. The van der Waals surface area contributed by atoms with E-state index in [1.54, 1.807) is 24.3 Å². The van der Waals surface area contributed by atoms with Crippen LogP contribution in [0.25, 0.3) is 28.0 Å². The van der Waals surface area contributed by atoms with Crippen molar-refractivity contribution < 1.29 is 44.1 Å². The van der Waals surface area contributed by atoms with E-state index in [4.69, 9.17) is 17.3 Å². The second kappa shape index (κ2) is 7.91. The zero-order chi connectivity index (χ0) is 17.4. The monoisotopic (exact) mass is 576 g/mol. The van der Waals surface area contributed by atoms with Gasteiger partial charge in [0.15, 0.2) is 11.6 Å². The Morgan fingerprint density at radius 3 is 2.50 bits per heavy atom. The molecule has 6 nitrogen and oxygen atoms in total. The summed E-state index contributed by atoms with van der Waals surface area (Å²) in [5.74, 6) is 1.88. The maximum atomic E-state index is 7.86. The van der Waals surface area contributed by atoms with Crippen LogP contribution in [0.2, 0.25) is 5.02 Å². The summed E-state index contributed by atoms with van der Waals surface area (Å²) in [7, 11) is 0. The Balaban J connectivity index is 0.00000196. The molecule has 4 rings (SSSR count). The van der Waals surface area contributed by atoms with Crippen LogP contribution >= 0.6 is 11.6 Å². The van der Waals surface area contributed by atoms with E-state index in [2.05, 4.69) is 25.5 Å². The molecule has 0 aliphatic rings. The molecule has 0 spiro atoms. The summed E-state index contributed by atoms with van der Waals surface area (Å²) in [5.41, 5.74) is 10.8. The molecule has 0 aliphatic carbocycles. The third-order valence-corrected chi connectivity index (χ3v) is 4.00. The molecule has 2 aromatic heterocycles. The standard InChI is InChI=1S/C18H14ClN6.Ac/c1-10-8-16(25-24-10)22-18-14-7-6-13(20)9-15(14)21-17(23-18)11-2-4-12(19)5-3-11;/h2-9,20H,1H3,(H2,21,22,23,24,25);/q-1;. The minimum Gasteiger partial charge on any atom is -0.699 e. The van der Waals surface area contributed by atoms with Gasteiger partial charge in [0.2, 0.25) is 0 Å². The Morgan fingerprint density at radius 2 is 1.81 bits per heavy atom. The number of rotatable bonds is 3. The molecule has 3 N–H and O–H groups in total. The second-order valence-corrected chi connectivity index (χ2v) is 6.13. The fourth-order valence-electron chi connectivity index (χ4n) is 2.56. The van der Waals surface area contributed by atoms with E-state index in [0.29, 0.717) is 33.7 Å². The minimum atomic E-state index is 0. The summed E-state index contributed by atoms with van der Waals surface area (Å²) in [6.07, 6.45) is 0. The number of H-pyrrole nitrogens is 1. The van der Waals surface area contributed by atoms with E-state index in [1.165, 1.54) is 0 Å². The Labute approximate surface area is 191 Å². The van der Waals surface area contributed by atoms with Crippen molar-refractivity contribution in [1.29, 1.82) is 0 Å². The first kappa shape index (κ1) is 19.1. The molecule has 0 amide bonds. The van der Waals surface area contributed by atoms with Crippen molar-refractivity contribution in [3.63, 3.8) is 0 Å². The van der Waals surface area contributed by atoms with Crippen LogP contribution in [0, 0.1) is 51.0 Å². The van der Waals surface area contributed by atoms with Gasteiger partial charge in [-0.3, -0.25) is 5.10 Å². The van der Waals surface area contributed by atoms with Crippen molar-refractivity contribution in [3.8, 4) is 11.4 Å². The van der Waals surface area contributed by atoms with Crippen LogP contribution in [0.4, 0.5) is 17.3 Å². The average molecular weight is 577 g/mol. The predicted molar refractivity (Wildman–Crippen MR) is 101 cm³/mol. The number of fused-ring (bicyclic) bond motifs is 1. The van der Waals surface area contributed by atoms with Crippen molar-refractivity contribution in [3.05, 3.63) is 65.0 Å². The van der Waals surface area contributed by atoms with Crippen LogP contribution in [0.1, 0.15) is 5.69 Å². The zero-order valence-corrected chi connectivity index (χ0v) is 19.4. The Bertz CT molecular complexity index is 1060. The number of nitrogens with one attached hydrogen (secondary N) is 3. The van der Waals surface area contributed by atoms with Gasteiger partial charge in [-0.05, 0) is 31.2 Å². The summed E-state index contributed by atoms with van der Waals surface area (Å²) < 4.78 is 0. The summed E-state index contributed by atoms with van der Waals surface area (Å²) in [6.45, 7) is 1.93. The Morgan fingerprint density at radius 1 is 1.04 bits per heavy atom. The van der Waals surface area contributed by atoms with Gasteiger partial charge in [0.25, 0.3) is 0 Å². The molecule has 26 heavy (non-hydrogen) atoms. The average Bonchev–Trinajstić information content (AvgIpc) is 3.00. The fraction of sp³-hybridized carbons (Fsp3) is 0.0556. The van der Waals surface area contributed by atoms with Crippen LogP contribution in [0.5, 0.6) is 0 Å². The van der Waals surface area contributed by atoms with Crippen molar-refractivity contribution >= 4 is 39.8 Å². The molecule has 4 aromatic rings. The molecule has 0 fully saturated rings. The molecule has 0 unspecified atom stereocenters. The normalized spacial score (nSPS) is 10.5. The van der Waals surface area contributed by atoms with Gasteiger partial charge in [-0.2, -0.15) is 5.10 Å². The van der Waals surface area contributed by atoms with E-state index in [1.807, 2.05) is 31.2 Å². The van der Waals surface area contributed by atoms with E-state index < -0.39 is 0 Å². The molecule has 2 heterocycles. The van der Waals surface area contributed by atoms with Crippen LogP contribution in [0.3, 0.4) is 0 Å². The van der Waals surface area contributed by atoms with Crippen LogP contribution in [-0.4, -0.2) is 20.2 Å². The first-order valence-electron chi connectivity index (χ1n) is 7.67. The third-order valence-electron chi connectivity index (χ3n) is 3.75. The number of aryl methyl sites for hydroxylation is 1. The second-order valence-electron chi connectivity index (χ2n) is 5.70. The van der Waals surface area contributed by atoms with Gasteiger partial charge < -0.3 is 11.1 Å². The molecule has 0 saturated heterocycles. The largest absolute Gasteiger partial charge is 0.699 e. The molecule has 2 aromatic carbocycles. The molecule has 0 bridgehead atoms. The number of benzene rings is 2. The third kappa shape index (κ3) is 4.01. The van der Waals surface area contributed by atoms with Crippen LogP contribution in [-0.2, 0) is 0 Å². The molecule has 0 aliphatic heterocycles. The topological polar surface area (TPSA) is 90.3 Å². The smallest absolute Gasteiger partial charge is 0.162 e. The van der Waals surface area contributed by atoms with Gasteiger partial charge in [-0.15, -0.1) is 5.69 Å². The SMILES string of the molecule is Cc1cc(Nc2nc(-c3ccc(Cl)cc3)nc3cc([NH-])ccc23)n[nH]1.[Ac]. The Kier molecular flexibility index (Phi) is 5.81. The van der Waals surface area contributed by atoms with Gasteiger partial charge in [-0.25, -0.2) is 9.97 Å². The molecule has 127 valence electrons. The summed E-state index contributed by atoms with van der Waals surface area (Å²) in [4.78, 5) is 9.26. The number of halogens is 1. The maximum absolute atomic E-state index is 7.86. The molecule has 0 atom stereocenters. The zero-order valence-electron chi connectivity index (χ0n) is 13.9. The number of aromatic nitrogens is 4.